The minimum Gasteiger partial charge on any atom is -0.469 e. The largest absolute Gasteiger partial charge is 0.469 e. The standard InChI is InChI=1S/C10H13IN2O3/c1-16-10(15)6-2-7(3-6)13-4-8(11)9(5-14)12-13/h5-7,12H,2-4H2,1H3. The van der Waals surface area contributed by atoms with Crippen LogP contribution in [0.15, 0.2) is 9.28 Å². The van der Waals surface area contributed by atoms with E-state index in [-0.39, 0.29) is 11.9 Å². The Morgan fingerprint density at radius 2 is 2.31 bits per heavy atom. The number of ether oxygens (including phenoxy) is 1. The van der Waals surface area contributed by atoms with E-state index in [1.54, 1.807) is 0 Å². The van der Waals surface area contributed by atoms with Crippen LogP contribution in [-0.2, 0) is 14.3 Å². The van der Waals surface area contributed by atoms with E-state index in [0.717, 1.165) is 29.3 Å². The zero-order valence-corrected chi connectivity index (χ0v) is 11.1. The highest BCUT2D eigenvalue weighted by atomic mass is 127. The summed E-state index contributed by atoms with van der Waals surface area (Å²) in [7, 11) is 1.42. The first-order chi connectivity index (χ1) is 7.65. The van der Waals surface area contributed by atoms with Crippen LogP contribution in [0.5, 0.6) is 0 Å². The van der Waals surface area contributed by atoms with E-state index in [1.165, 1.54) is 7.11 Å². The number of allylic oxidation sites excluding steroid dienone is 1. The Kier molecular flexibility index (Phi) is 3.48. The van der Waals surface area contributed by atoms with E-state index in [4.69, 9.17) is 0 Å². The third-order valence-electron chi connectivity index (χ3n) is 3.07. The van der Waals surface area contributed by atoms with Crippen molar-refractivity contribution in [1.82, 2.24) is 10.4 Å². The molecule has 0 aromatic heterocycles. The van der Waals surface area contributed by atoms with Gasteiger partial charge in [0, 0.05) is 9.62 Å². The summed E-state index contributed by atoms with van der Waals surface area (Å²) >= 11 is 2.16. The summed E-state index contributed by atoms with van der Waals surface area (Å²) in [5.74, 6) is -0.108. The number of aldehydes is 1. The minimum absolute atomic E-state index is 0.0229. The number of hydrazine groups is 1. The number of nitrogens with zero attached hydrogens (tertiary/aromatic N) is 1. The maximum absolute atomic E-state index is 11.2. The molecule has 0 spiro atoms. The first kappa shape index (κ1) is 11.8. The normalized spacial score (nSPS) is 29.6. The Bertz CT molecular complexity index is 350. The van der Waals surface area contributed by atoms with E-state index in [9.17, 15) is 9.59 Å². The highest BCUT2D eigenvalue weighted by Crippen LogP contribution is 2.34. The van der Waals surface area contributed by atoms with Gasteiger partial charge >= 0.3 is 5.97 Å². The molecule has 1 saturated carbocycles. The molecule has 0 saturated heterocycles. The summed E-state index contributed by atoms with van der Waals surface area (Å²) in [4.78, 5) is 21.9. The molecule has 2 aliphatic rings. The molecule has 88 valence electrons. The van der Waals surface area contributed by atoms with Gasteiger partial charge in [0.2, 0.25) is 0 Å². The van der Waals surface area contributed by atoms with Crippen LogP contribution in [0.1, 0.15) is 12.8 Å². The predicted molar refractivity (Wildman–Crippen MR) is 65.5 cm³/mol. The number of hydrogen-bond acceptors (Lipinski definition) is 5. The summed E-state index contributed by atoms with van der Waals surface area (Å²) < 4.78 is 5.70. The third kappa shape index (κ3) is 2.08. The maximum Gasteiger partial charge on any atom is 0.308 e. The van der Waals surface area contributed by atoms with Crippen LogP contribution in [0.3, 0.4) is 0 Å². The van der Waals surface area contributed by atoms with Crippen molar-refractivity contribution < 1.29 is 14.3 Å². The Morgan fingerprint density at radius 3 is 2.81 bits per heavy atom. The molecule has 0 radical (unpaired) electrons. The van der Waals surface area contributed by atoms with E-state index < -0.39 is 0 Å². The molecule has 0 aromatic rings. The molecule has 1 fully saturated rings. The molecule has 1 aliphatic heterocycles. The molecule has 0 aromatic carbocycles. The average molecular weight is 336 g/mol. The van der Waals surface area contributed by atoms with E-state index in [0.29, 0.717) is 11.7 Å². The Balaban J connectivity index is 1.83. The van der Waals surface area contributed by atoms with Crippen LogP contribution in [0, 0.1) is 5.92 Å². The van der Waals surface area contributed by atoms with Gasteiger partial charge in [0.05, 0.1) is 25.3 Å². The van der Waals surface area contributed by atoms with Crippen LogP contribution >= 0.6 is 22.6 Å². The van der Waals surface area contributed by atoms with Crippen molar-refractivity contribution in [1.29, 1.82) is 0 Å². The number of esters is 1. The van der Waals surface area contributed by atoms with Crippen molar-refractivity contribution in [3.63, 3.8) is 0 Å². The smallest absolute Gasteiger partial charge is 0.308 e. The zero-order valence-electron chi connectivity index (χ0n) is 8.90. The monoisotopic (exact) mass is 336 g/mol. The summed E-state index contributed by atoms with van der Waals surface area (Å²) in [5.41, 5.74) is 3.70. The van der Waals surface area contributed by atoms with E-state index in [1.807, 2.05) is 5.01 Å². The van der Waals surface area contributed by atoms with Crippen molar-refractivity contribution in [2.75, 3.05) is 13.7 Å². The van der Waals surface area contributed by atoms with Gasteiger partial charge in [-0.3, -0.25) is 9.59 Å². The highest BCUT2D eigenvalue weighted by Gasteiger charge is 2.40. The Labute approximate surface area is 107 Å². The second kappa shape index (κ2) is 4.70. The number of carbonyl (C=O) groups excluding carboxylic acids is 2. The van der Waals surface area contributed by atoms with Crippen molar-refractivity contribution in [3.8, 4) is 0 Å². The fourth-order valence-corrected chi connectivity index (χ4v) is 2.62. The number of rotatable bonds is 3. The number of methoxy groups -OCH3 is 1. The summed E-state index contributed by atoms with van der Waals surface area (Å²) in [6, 6.07) is 0.325. The van der Waals surface area contributed by atoms with Gasteiger partial charge in [0.15, 0.2) is 6.29 Å². The molecule has 1 heterocycles. The topological polar surface area (TPSA) is 58.6 Å². The Morgan fingerprint density at radius 1 is 1.62 bits per heavy atom. The fraction of sp³-hybridized carbons (Fsp3) is 0.600. The Hall–Kier alpha value is -0.630. The van der Waals surface area contributed by atoms with E-state index in [2.05, 4.69) is 32.8 Å². The van der Waals surface area contributed by atoms with Crippen molar-refractivity contribution in [2.24, 2.45) is 5.92 Å². The summed E-state index contributed by atoms with van der Waals surface area (Å²) in [6.07, 6.45) is 2.43. The molecule has 0 bridgehead atoms. The molecule has 0 unspecified atom stereocenters. The number of nitrogens with one attached hydrogen (secondary N) is 1. The molecule has 16 heavy (non-hydrogen) atoms. The summed E-state index contributed by atoms with van der Waals surface area (Å²) in [5, 5.41) is 2.02. The summed E-state index contributed by atoms with van der Waals surface area (Å²) in [6.45, 7) is 0.743. The molecule has 6 heteroatoms. The molecule has 0 atom stereocenters. The number of halogens is 1. The molecule has 2 rings (SSSR count). The second-order valence-corrected chi connectivity index (χ2v) is 5.32. The molecule has 5 nitrogen and oxygen atoms in total. The zero-order chi connectivity index (χ0) is 11.7. The van der Waals surface area contributed by atoms with Gasteiger partial charge in [-0.2, -0.15) is 0 Å². The molecule has 1 N–H and O–H groups in total. The SMILES string of the molecule is COC(=O)C1CC(N2CC(I)=C(C=O)N2)C1. The van der Waals surface area contributed by atoms with Gasteiger partial charge in [-0.1, -0.05) is 0 Å². The van der Waals surface area contributed by atoms with Crippen molar-refractivity contribution in [3.05, 3.63) is 9.28 Å². The van der Waals surface area contributed by atoms with Gasteiger partial charge in [-0.05, 0) is 35.4 Å². The van der Waals surface area contributed by atoms with Crippen LogP contribution in [-0.4, -0.2) is 37.0 Å². The molecule has 0 amide bonds. The van der Waals surface area contributed by atoms with Gasteiger partial charge in [0.1, 0.15) is 0 Å². The lowest BCUT2D eigenvalue weighted by Crippen LogP contribution is -2.50. The number of carbonyl (C=O) groups is 2. The van der Waals surface area contributed by atoms with Crippen LogP contribution < -0.4 is 5.43 Å². The molecule has 1 aliphatic carbocycles. The quantitative estimate of drug-likeness (QED) is 0.465. The van der Waals surface area contributed by atoms with E-state index >= 15 is 0 Å². The predicted octanol–water partition coefficient (Wildman–Crippen LogP) is 0.604. The van der Waals surface area contributed by atoms with Gasteiger partial charge in [-0.25, -0.2) is 5.01 Å². The van der Waals surface area contributed by atoms with Crippen LogP contribution in [0.2, 0.25) is 0 Å². The average Bonchev–Trinajstić information content (AvgIpc) is 2.57. The third-order valence-corrected chi connectivity index (χ3v) is 3.99. The first-order valence-electron chi connectivity index (χ1n) is 5.10. The van der Waals surface area contributed by atoms with Crippen LogP contribution in [0.4, 0.5) is 0 Å². The van der Waals surface area contributed by atoms with Gasteiger partial charge in [-0.15, -0.1) is 0 Å². The lowest BCUT2D eigenvalue weighted by atomic mass is 9.80. The van der Waals surface area contributed by atoms with Crippen molar-refractivity contribution >= 4 is 34.8 Å². The maximum atomic E-state index is 11.2. The highest BCUT2D eigenvalue weighted by molar-refractivity contribution is 14.1. The lowest BCUT2D eigenvalue weighted by molar-refractivity contribution is -0.151. The second-order valence-electron chi connectivity index (χ2n) is 4.02. The lowest BCUT2D eigenvalue weighted by Gasteiger charge is -2.39. The number of hydrogen-bond donors (Lipinski definition) is 1. The van der Waals surface area contributed by atoms with Gasteiger partial charge in [0.25, 0.3) is 0 Å². The fourth-order valence-electron chi connectivity index (χ4n) is 2.00. The van der Waals surface area contributed by atoms with Crippen LogP contribution in [0.25, 0.3) is 0 Å². The minimum atomic E-state index is -0.131. The molecular formula is C10H13IN2O3. The van der Waals surface area contributed by atoms with Gasteiger partial charge < -0.3 is 10.2 Å². The van der Waals surface area contributed by atoms with Crippen molar-refractivity contribution in [2.45, 2.75) is 18.9 Å². The first-order valence-corrected chi connectivity index (χ1v) is 6.18. The molecular weight excluding hydrogens is 323 g/mol.